The summed E-state index contributed by atoms with van der Waals surface area (Å²) in [5, 5.41) is 15.9. The Bertz CT molecular complexity index is 1250. The Labute approximate surface area is 228 Å². The maximum absolute atomic E-state index is 13.1. The lowest BCUT2D eigenvalue weighted by atomic mass is 10.0. The van der Waals surface area contributed by atoms with Gasteiger partial charge in [0.15, 0.2) is 0 Å². The van der Waals surface area contributed by atoms with Gasteiger partial charge in [-0.3, -0.25) is 9.79 Å². The summed E-state index contributed by atoms with van der Waals surface area (Å²) < 4.78 is 33.8. The zero-order valence-corrected chi connectivity index (χ0v) is 23.9. The number of methoxy groups -OCH3 is 1. The minimum atomic E-state index is -3.97. The number of rotatable bonds is 13. The zero-order chi connectivity index (χ0) is 28.0. The predicted molar refractivity (Wildman–Crippen MR) is 148 cm³/mol. The third-order valence-electron chi connectivity index (χ3n) is 6.70. The Balaban J connectivity index is 1.62. The van der Waals surface area contributed by atoms with Crippen LogP contribution in [0.15, 0.2) is 27.5 Å². The first kappa shape index (κ1) is 29.8. The minimum Gasteiger partial charge on any atom is -0.496 e. The highest BCUT2D eigenvalue weighted by molar-refractivity contribution is 7.90. The second kappa shape index (κ2) is 12.9. The van der Waals surface area contributed by atoms with Crippen molar-refractivity contribution in [1.82, 2.24) is 15.0 Å². The van der Waals surface area contributed by atoms with E-state index in [0.717, 1.165) is 18.4 Å². The quantitative estimate of drug-likeness (QED) is 0.138. The lowest BCUT2D eigenvalue weighted by Crippen LogP contribution is -2.47. The van der Waals surface area contributed by atoms with Crippen molar-refractivity contribution in [2.24, 2.45) is 22.4 Å². The maximum Gasteiger partial charge on any atom is 0.264 e. The summed E-state index contributed by atoms with van der Waals surface area (Å²) >= 11 is 1.29. The van der Waals surface area contributed by atoms with E-state index in [1.165, 1.54) is 18.4 Å². The number of nitrogens with one attached hydrogen (secondary N) is 2. The van der Waals surface area contributed by atoms with Gasteiger partial charge in [0.2, 0.25) is 11.9 Å². The Hall–Kier alpha value is -2.74. The molecule has 1 aromatic heterocycles. The van der Waals surface area contributed by atoms with Crippen molar-refractivity contribution in [3.05, 3.63) is 39.3 Å². The van der Waals surface area contributed by atoms with E-state index in [2.05, 4.69) is 20.0 Å². The number of nitrogens with two attached hydrogens (primary N) is 2. The van der Waals surface area contributed by atoms with Crippen molar-refractivity contribution in [3.8, 4) is 5.75 Å². The van der Waals surface area contributed by atoms with Crippen LogP contribution in [0, 0.1) is 26.7 Å². The third-order valence-corrected chi connectivity index (χ3v) is 9.19. The Kier molecular flexibility index (Phi) is 10.1. The van der Waals surface area contributed by atoms with Crippen molar-refractivity contribution >= 4 is 33.2 Å². The summed E-state index contributed by atoms with van der Waals surface area (Å²) in [6.07, 6.45) is 4.18. The average Bonchev–Trinajstić information content (AvgIpc) is 3.49. The van der Waals surface area contributed by atoms with Gasteiger partial charge >= 0.3 is 0 Å². The van der Waals surface area contributed by atoms with Crippen LogP contribution in [0.25, 0.3) is 0 Å². The number of benzene rings is 1. The second-order valence-corrected chi connectivity index (χ2v) is 12.3. The number of hydrogen-bond donors (Lipinski definition) is 5. The fourth-order valence-electron chi connectivity index (χ4n) is 4.35. The lowest BCUT2D eigenvalue weighted by Gasteiger charge is -2.24. The molecule has 1 heterocycles. The molecule has 1 fully saturated rings. The molecule has 0 spiro atoms. The molecular weight excluding hydrogens is 528 g/mol. The van der Waals surface area contributed by atoms with E-state index in [1.807, 2.05) is 0 Å². The number of carbonyl (C=O) groups is 1. The van der Waals surface area contributed by atoms with Crippen molar-refractivity contribution in [3.63, 3.8) is 0 Å². The first-order chi connectivity index (χ1) is 17.9. The van der Waals surface area contributed by atoms with E-state index in [0.29, 0.717) is 47.1 Å². The van der Waals surface area contributed by atoms with Crippen LogP contribution in [-0.2, 0) is 14.8 Å². The lowest BCUT2D eigenvalue weighted by molar-refractivity contribution is -0.124. The van der Waals surface area contributed by atoms with Crippen molar-refractivity contribution in [2.75, 3.05) is 13.7 Å². The molecule has 1 aromatic carbocycles. The molecule has 7 N–H and O–H groups in total. The molecule has 0 radical (unpaired) electrons. The predicted octanol–water partition coefficient (Wildman–Crippen LogP) is 1.80. The van der Waals surface area contributed by atoms with Crippen LogP contribution in [0.5, 0.6) is 5.75 Å². The fraction of sp³-hybridized carbons (Fsp3) is 0.560. The molecule has 0 saturated heterocycles. The molecule has 11 nitrogen and oxygen atoms in total. The summed E-state index contributed by atoms with van der Waals surface area (Å²) in [6, 6.07) is 0.410. The van der Waals surface area contributed by atoms with Gasteiger partial charge in [0, 0.05) is 18.1 Å². The number of nitrogens with zero attached hydrogens (tertiary/aromatic N) is 2. The number of aryl methyl sites for hydroxylation is 1. The summed E-state index contributed by atoms with van der Waals surface area (Å²) in [5.41, 5.74) is 13.8. The van der Waals surface area contributed by atoms with Crippen molar-refractivity contribution in [2.45, 2.75) is 76.0 Å². The molecule has 0 aliphatic heterocycles. The number of guanidine groups is 1. The third kappa shape index (κ3) is 7.65. The van der Waals surface area contributed by atoms with Crippen LogP contribution in [0.1, 0.15) is 59.9 Å². The first-order valence-corrected chi connectivity index (χ1v) is 14.9. The number of aliphatic hydroxyl groups is 1. The molecule has 1 aliphatic carbocycles. The number of sulfonamides is 1. The molecule has 38 heavy (non-hydrogen) atoms. The minimum absolute atomic E-state index is 0.130. The van der Waals surface area contributed by atoms with E-state index in [-0.39, 0.29) is 23.3 Å². The molecule has 1 unspecified atom stereocenters. The monoisotopic (exact) mass is 566 g/mol. The van der Waals surface area contributed by atoms with Crippen LogP contribution < -0.4 is 26.2 Å². The molecule has 1 aliphatic rings. The van der Waals surface area contributed by atoms with Crippen molar-refractivity contribution < 1.29 is 23.1 Å². The van der Waals surface area contributed by atoms with E-state index < -0.39 is 28.2 Å². The molecule has 1 saturated carbocycles. The van der Waals surface area contributed by atoms with Crippen molar-refractivity contribution in [1.29, 1.82) is 0 Å². The first-order valence-electron chi connectivity index (χ1n) is 12.6. The fourth-order valence-corrected chi connectivity index (χ4v) is 6.52. The van der Waals surface area contributed by atoms with Gasteiger partial charge in [-0.25, -0.2) is 18.1 Å². The molecule has 3 atom stereocenters. The molecule has 2 aromatic rings. The highest BCUT2D eigenvalue weighted by Gasteiger charge is 2.30. The smallest absolute Gasteiger partial charge is 0.264 e. The van der Waals surface area contributed by atoms with Gasteiger partial charge in [0.25, 0.3) is 10.0 Å². The number of thiazole rings is 1. The standard InChI is InChI=1S/C25H38N6O5S2/c1-14-12-20(36-4)15(2)16(3)22(14)38(34,35)31-25(27)29-9-5-6-19(21(32)24-28-10-11-37-24)30-23(33)18(26)13-17-7-8-17/h10-12,17-19,21,32H,5-9,13,26H2,1-4H3,(H,30,33)(H3,27,29,31)/t18-,19-,21?/m0/s1. The number of aromatic nitrogens is 1. The Morgan fingerprint density at radius 1 is 1.32 bits per heavy atom. The van der Waals surface area contributed by atoms with Crippen LogP contribution in [0.3, 0.4) is 0 Å². The number of ether oxygens (including phenoxy) is 1. The van der Waals surface area contributed by atoms with Gasteiger partial charge in [-0.1, -0.05) is 12.8 Å². The van der Waals surface area contributed by atoms with E-state index in [4.69, 9.17) is 16.2 Å². The highest BCUT2D eigenvalue weighted by Crippen LogP contribution is 2.33. The van der Waals surface area contributed by atoms with Crippen LogP contribution in [0.4, 0.5) is 0 Å². The number of aliphatic imine (C=N–C) groups is 1. The number of amides is 1. The van der Waals surface area contributed by atoms with Gasteiger partial charge in [-0.05, 0) is 68.7 Å². The highest BCUT2D eigenvalue weighted by atomic mass is 32.2. The van der Waals surface area contributed by atoms with Gasteiger partial charge in [0.05, 0.1) is 24.1 Å². The Morgan fingerprint density at radius 3 is 2.63 bits per heavy atom. The molecule has 3 rings (SSSR count). The van der Waals surface area contributed by atoms with Crippen LogP contribution in [-0.4, -0.2) is 56.1 Å². The summed E-state index contributed by atoms with van der Waals surface area (Å²) in [4.78, 5) is 21.1. The molecule has 210 valence electrons. The molecular formula is C25H38N6O5S2. The average molecular weight is 567 g/mol. The van der Waals surface area contributed by atoms with Gasteiger partial charge < -0.3 is 26.6 Å². The molecule has 0 bridgehead atoms. The summed E-state index contributed by atoms with van der Waals surface area (Å²) in [6.45, 7) is 5.37. The Morgan fingerprint density at radius 2 is 2.03 bits per heavy atom. The molecule has 13 heteroatoms. The maximum atomic E-state index is 13.1. The van der Waals surface area contributed by atoms with E-state index in [9.17, 15) is 18.3 Å². The van der Waals surface area contributed by atoms with Gasteiger partial charge in [-0.2, -0.15) is 0 Å². The van der Waals surface area contributed by atoms with E-state index in [1.54, 1.807) is 38.4 Å². The number of carbonyl (C=O) groups excluding carboxylic acids is 1. The molecule has 1 amide bonds. The summed E-state index contributed by atoms with van der Waals surface area (Å²) in [5.74, 6) is 0.544. The second-order valence-electron chi connectivity index (χ2n) is 9.71. The van der Waals surface area contributed by atoms with Gasteiger partial charge in [-0.15, -0.1) is 11.3 Å². The summed E-state index contributed by atoms with van der Waals surface area (Å²) in [7, 11) is -2.44. The zero-order valence-electron chi connectivity index (χ0n) is 22.2. The normalized spacial score (nSPS) is 16.5. The number of aliphatic hydroxyl groups excluding tert-OH is 1. The van der Waals surface area contributed by atoms with E-state index >= 15 is 0 Å². The van der Waals surface area contributed by atoms with Crippen LogP contribution >= 0.6 is 11.3 Å². The topological polar surface area (TPSA) is 182 Å². The van der Waals surface area contributed by atoms with Gasteiger partial charge in [0.1, 0.15) is 16.9 Å². The SMILES string of the molecule is COc1cc(C)c(S(=O)(=O)NC(N)=NCCC[C@H](NC(=O)[C@@H](N)CC2CC2)C(O)c2nccs2)c(C)c1C. The van der Waals surface area contributed by atoms with Crippen LogP contribution in [0.2, 0.25) is 0 Å². The largest absolute Gasteiger partial charge is 0.496 e. The number of hydrogen-bond acceptors (Lipinski definition) is 9.